The maximum Gasteiger partial charge on any atom is 0.294 e. The molecule has 0 atom stereocenters. The third-order valence-corrected chi connectivity index (χ3v) is 2.39. The lowest BCUT2D eigenvalue weighted by atomic mass is 10.1. The van der Waals surface area contributed by atoms with Crippen LogP contribution in [0.4, 0.5) is 6.01 Å². The predicted molar refractivity (Wildman–Crippen MR) is 64.6 cm³/mol. The summed E-state index contributed by atoms with van der Waals surface area (Å²) in [6.07, 6.45) is 1.64. The number of aromatic nitrogens is 1. The van der Waals surface area contributed by atoms with Gasteiger partial charge in [-0.1, -0.05) is 0 Å². The highest BCUT2D eigenvalue weighted by Crippen LogP contribution is 2.34. The summed E-state index contributed by atoms with van der Waals surface area (Å²) in [5.41, 5.74) is 0.806. The third-order valence-electron chi connectivity index (χ3n) is 2.39. The van der Waals surface area contributed by atoms with Crippen LogP contribution in [0.15, 0.2) is 28.8 Å². The van der Waals surface area contributed by atoms with E-state index < -0.39 is 0 Å². The van der Waals surface area contributed by atoms with E-state index in [0.29, 0.717) is 17.5 Å². The molecule has 1 N–H and O–H groups in total. The monoisotopic (exact) mass is 234 g/mol. The van der Waals surface area contributed by atoms with Crippen molar-refractivity contribution in [2.45, 2.75) is 0 Å². The number of rotatable bonds is 4. The van der Waals surface area contributed by atoms with E-state index in [-0.39, 0.29) is 0 Å². The van der Waals surface area contributed by atoms with Gasteiger partial charge in [0.15, 0.2) is 5.76 Å². The lowest BCUT2D eigenvalue weighted by molar-refractivity contribution is 0.403. The summed E-state index contributed by atoms with van der Waals surface area (Å²) < 4.78 is 16.0. The van der Waals surface area contributed by atoms with E-state index in [4.69, 9.17) is 13.9 Å². The zero-order valence-electron chi connectivity index (χ0n) is 9.98. The second-order valence-corrected chi connectivity index (χ2v) is 3.35. The smallest absolute Gasteiger partial charge is 0.294 e. The van der Waals surface area contributed by atoms with Crippen molar-refractivity contribution in [2.75, 3.05) is 26.6 Å². The molecule has 1 aromatic carbocycles. The van der Waals surface area contributed by atoms with Crippen molar-refractivity contribution in [3.8, 4) is 22.8 Å². The summed E-state index contributed by atoms with van der Waals surface area (Å²) >= 11 is 0. The number of benzene rings is 1. The van der Waals surface area contributed by atoms with Crippen molar-refractivity contribution >= 4 is 6.01 Å². The molecular formula is C12H14N2O3. The zero-order chi connectivity index (χ0) is 12.3. The first kappa shape index (κ1) is 11.3. The van der Waals surface area contributed by atoms with Crippen molar-refractivity contribution in [1.29, 1.82) is 0 Å². The van der Waals surface area contributed by atoms with Gasteiger partial charge in [-0.2, -0.15) is 0 Å². The second kappa shape index (κ2) is 4.78. The van der Waals surface area contributed by atoms with Gasteiger partial charge in [0.25, 0.3) is 6.01 Å². The van der Waals surface area contributed by atoms with Crippen molar-refractivity contribution < 1.29 is 13.9 Å². The summed E-state index contributed by atoms with van der Waals surface area (Å²) in [6.45, 7) is 0. The first-order valence-corrected chi connectivity index (χ1v) is 5.14. The number of oxazole rings is 1. The maximum atomic E-state index is 5.50. The molecule has 0 unspecified atom stereocenters. The van der Waals surface area contributed by atoms with Gasteiger partial charge in [-0.05, 0) is 18.2 Å². The molecule has 2 aromatic rings. The van der Waals surface area contributed by atoms with Crippen LogP contribution in [0.2, 0.25) is 0 Å². The number of nitrogens with zero attached hydrogens (tertiary/aromatic N) is 1. The van der Waals surface area contributed by atoms with Crippen LogP contribution in [0.1, 0.15) is 0 Å². The Morgan fingerprint density at radius 2 is 2.06 bits per heavy atom. The van der Waals surface area contributed by atoms with Crippen LogP contribution in [-0.2, 0) is 0 Å². The van der Waals surface area contributed by atoms with E-state index in [1.54, 1.807) is 27.5 Å². The van der Waals surface area contributed by atoms with Gasteiger partial charge in [0, 0.05) is 7.05 Å². The van der Waals surface area contributed by atoms with Gasteiger partial charge in [-0.15, -0.1) is 0 Å². The predicted octanol–water partition coefficient (Wildman–Crippen LogP) is 2.40. The Balaban J connectivity index is 2.47. The maximum absolute atomic E-state index is 5.50. The number of ether oxygens (including phenoxy) is 2. The fraction of sp³-hybridized carbons (Fsp3) is 0.250. The molecule has 0 radical (unpaired) electrons. The van der Waals surface area contributed by atoms with Crippen molar-refractivity contribution in [1.82, 2.24) is 4.98 Å². The highest BCUT2D eigenvalue weighted by Gasteiger charge is 2.12. The molecule has 2 rings (SSSR count). The molecule has 0 aliphatic rings. The van der Waals surface area contributed by atoms with E-state index >= 15 is 0 Å². The van der Waals surface area contributed by atoms with Crippen LogP contribution in [0.25, 0.3) is 11.3 Å². The van der Waals surface area contributed by atoms with Crippen molar-refractivity contribution in [3.63, 3.8) is 0 Å². The van der Waals surface area contributed by atoms with Gasteiger partial charge in [-0.3, -0.25) is 0 Å². The average molecular weight is 234 g/mol. The molecule has 5 heteroatoms. The molecule has 0 saturated heterocycles. The Hall–Kier alpha value is -2.17. The Morgan fingerprint density at radius 1 is 1.24 bits per heavy atom. The van der Waals surface area contributed by atoms with E-state index in [0.717, 1.165) is 11.3 Å². The van der Waals surface area contributed by atoms with E-state index in [9.17, 15) is 0 Å². The molecular weight excluding hydrogens is 220 g/mol. The van der Waals surface area contributed by atoms with E-state index in [2.05, 4.69) is 10.3 Å². The fourth-order valence-electron chi connectivity index (χ4n) is 1.52. The number of hydrogen-bond donors (Lipinski definition) is 1. The van der Waals surface area contributed by atoms with Gasteiger partial charge < -0.3 is 19.2 Å². The Morgan fingerprint density at radius 3 is 2.65 bits per heavy atom. The molecule has 0 fully saturated rings. The highest BCUT2D eigenvalue weighted by molar-refractivity contribution is 5.67. The first-order chi connectivity index (χ1) is 8.28. The minimum Gasteiger partial charge on any atom is -0.497 e. The molecule has 90 valence electrons. The van der Waals surface area contributed by atoms with Crippen LogP contribution < -0.4 is 14.8 Å². The van der Waals surface area contributed by atoms with Crippen LogP contribution in [0, 0.1) is 0 Å². The molecule has 1 aromatic heterocycles. The molecule has 0 aliphatic heterocycles. The lowest BCUT2D eigenvalue weighted by Crippen LogP contribution is -1.89. The minimum atomic E-state index is 0.463. The van der Waals surface area contributed by atoms with E-state index in [1.165, 1.54) is 0 Å². The Kier molecular flexibility index (Phi) is 3.18. The van der Waals surface area contributed by atoms with Gasteiger partial charge in [-0.25, -0.2) is 4.98 Å². The van der Waals surface area contributed by atoms with Gasteiger partial charge >= 0.3 is 0 Å². The SMILES string of the molecule is CNc1ncc(-c2cc(OC)ccc2OC)o1. The fourth-order valence-corrected chi connectivity index (χ4v) is 1.52. The number of methoxy groups -OCH3 is 2. The molecule has 0 bridgehead atoms. The van der Waals surface area contributed by atoms with Crippen LogP contribution in [-0.4, -0.2) is 26.3 Å². The third kappa shape index (κ3) is 2.18. The second-order valence-electron chi connectivity index (χ2n) is 3.35. The molecule has 1 heterocycles. The molecule has 0 aliphatic carbocycles. The molecule has 0 amide bonds. The molecule has 0 spiro atoms. The lowest BCUT2D eigenvalue weighted by Gasteiger charge is -2.07. The normalized spacial score (nSPS) is 10.1. The molecule has 17 heavy (non-hydrogen) atoms. The summed E-state index contributed by atoms with van der Waals surface area (Å²) in [7, 11) is 4.98. The first-order valence-electron chi connectivity index (χ1n) is 5.14. The van der Waals surface area contributed by atoms with Crippen LogP contribution in [0.3, 0.4) is 0 Å². The van der Waals surface area contributed by atoms with Gasteiger partial charge in [0.1, 0.15) is 11.5 Å². The van der Waals surface area contributed by atoms with Gasteiger partial charge in [0.2, 0.25) is 0 Å². The van der Waals surface area contributed by atoms with Crippen molar-refractivity contribution in [2.24, 2.45) is 0 Å². The van der Waals surface area contributed by atoms with E-state index in [1.807, 2.05) is 18.2 Å². The topological polar surface area (TPSA) is 56.5 Å². The van der Waals surface area contributed by atoms with Crippen molar-refractivity contribution in [3.05, 3.63) is 24.4 Å². The average Bonchev–Trinajstić information content (AvgIpc) is 2.86. The summed E-state index contributed by atoms with van der Waals surface area (Å²) in [4.78, 5) is 4.07. The largest absolute Gasteiger partial charge is 0.497 e. The standard InChI is InChI=1S/C12H14N2O3/c1-13-12-14-7-11(17-12)9-6-8(15-2)4-5-10(9)16-3/h4-7H,1-3H3,(H,13,14). The zero-order valence-corrected chi connectivity index (χ0v) is 9.98. The van der Waals surface area contributed by atoms with Gasteiger partial charge in [0.05, 0.1) is 26.0 Å². The minimum absolute atomic E-state index is 0.463. The summed E-state index contributed by atoms with van der Waals surface area (Å²) in [5, 5.41) is 2.83. The quantitative estimate of drug-likeness (QED) is 0.880. The van der Waals surface area contributed by atoms with Crippen LogP contribution >= 0.6 is 0 Å². The number of hydrogen-bond acceptors (Lipinski definition) is 5. The highest BCUT2D eigenvalue weighted by atomic mass is 16.5. The van der Waals surface area contributed by atoms with Crippen LogP contribution in [0.5, 0.6) is 11.5 Å². The summed E-state index contributed by atoms with van der Waals surface area (Å²) in [5.74, 6) is 2.08. The Bertz CT molecular complexity index is 508. The Labute approximate surface area is 99.4 Å². The molecule has 5 nitrogen and oxygen atoms in total. The molecule has 0 saturated carbocycles. The number of nitrogens with one attached hydrogen (secondary N) is 1. The summed E-state index contributed by atoms with van der Waals surface area (Å²) in [6, 6.07) is 5.97. The number of anilines is 1.